The topological polar surface area (TPSA) is 81.1 Å². The molecule has 1 unspecified atom stereocenters. The lowest BCUT2D eigenvalue weighted by atomic mass is 10.1. The van der Waals surface area contributed by atoms with Crippen molar-refractivity contribution in [3.05, 3.63) is 30.6 Å². The van der Waals surface area contributed by atoms with E-state index in [0.717, 1.165) is 23.6 Å². The van der Waals surface area contributed by atoms with Crippen molar-refractivity contribution < 1.29 is 9.53 Å². The van der Waals surface area contributed by atoms with Crippen LogP contribution in [0.5, 0.6) is 0 Å². The fourth-order valence-electron chi connectivity index (χ4n) is 2.47. The number of hydrogen-bond acceptors (Lipinski definition) is 5. The number of ether oxygens (including phenoxy) is 1. The minimum atomic E-state index is -0.0295. The number of nitrogens with zero attached hydrogens (tertiary/aromatic N) is 3. The normalized spacial score (nSPS) is 18.1. The smallest absolute Gasteiger partial charge is 0.226 e. The number of morpholine rings is 1. The summed E-state index contributed by atoms with van der Waals surface area (Å²) in [5.74, 6) is 0.733. The summed E-state index contributed by atoms with van der Waals surface area (Å²) in [6, 6.07) is 7.67. The average molecular weight is 301 g/mol. The van der Waals surface area contributed by atoms with E-state index in [9.17, 15) is 4.79 Å². The lowest BCUT2D eigenvalue weighted by Gasteiger charge is -2.23. The van der Waals surface area contributed by atoms with Crippen molar-refractivity contribution in [2.24, 2.45) is 7.05 Å². The third-order valence-electron chi connectivity index (χ3n) is 3.55. The molecule has 0 saturated carbocycles. The first-order valence-corrected chi connectivity index (χ1v) is 7.28. The molecule has 116 valence electrons. The molecule has 0 radical (unpaired) electrons. The van der Waals surface area contributed by atoms with E-state index in [4.69, 9.17) is 4.74 Å². The van der Waals surface area contributed by atoms with E-state index in [1.165, 1.54) is 0 Å². The molecule has 0 bridgehead atoms. The Kier molecular flexibility index (Phi) is 4.45. The Balaban J connectivity index is 1.65. The molecule has 1 aliphatic heterocycles. The van der Waals surface area contributed by atoms with Gasteiger partial charge in [-0.05, 0) is 12.1 Å². The number of amides is 1. The van der Waals surface area contributed by atoms with E-state index in [1.807, 2.05) is 35.9 Å². The minimum Gasteiger partial charge on any atom is -0.378 e. The van der Waals surface area contributed by atoms with Gasteiger partial charge in [0.15, 0.2) is 5.82 Å². The standard InChI is InChI=1S/C15H19N5O2/c1-20-10-17-19-15(20)11-3-2-4-12(7-11)18-14(21)8-13-9-22-6-5-16-13/h2-4,7,10,13,16H,5-6,8-9H2,1H3,(H,18,21). The van der Waals surface area contributed by atoms with Crippen LogP contribution in [0.2, 0.25) is 0 Å². The Morgan fingerprint density at radius 1 is 1.55 bits per heavy atom. The summed E-state index contributed by atoms with van der Waals surface area (Å²) < 4.78 is 7.19. The van der Waals surface area contributed by atoms with Gasteiger partial charge in [0.1, 0.15) is 6.33 Å². The number of carbonyl (C=O) groups is 1. The van der Waals surface area contributed by atoms with Crippen molar-refractivity contribution in [2.45, 2.75) is 12.5 Å². The van der Waals surface area contributed by atoms with Crippen molar-refractivity contribution >= 4 is 11.6 Å². The zero-order valence-electron chi connectivity index (χ0n) is 12.5. The van der Waals surface area contributed by atoms with Crippen molar-refractivity contribution in [3.8, 4) is 11.4 Å². The largest absolute Gasteiger partial charge is 0.378 e. The molecule has 1 amide bonds. The predicted molar refractivity (Wildman–Crippen MR) is 82.3 cm³/mol. The second kappa shape index (κ2) is 6.67. The first-order chi connectivity index (χ1) is 10.7. The summed E-state index contributed by atoms with van der Waals surface area (Å²) in [5, 5.41) is 14.1. The van der Waals surface area contributed by atoms with Crippen LogP contribution in [0.25, 0.3) is 11.4 Å². The molecule has 3 rings (SSSR count). The molecule has 2 heterocycles. The van der Waals surface area contributed by atoms with Crippen LogP contribution in [0, 0.1) is 0 Å². The van der Waals surface area contributed by atoms with E-state index in [2.05, 4.69) is 20.8 Å². The maximum Gasteiger partial charge on any atom is 0.226 e. The van der Waals surface area contributed by atoms with Crippen molar-refractivity contribution in [3.63, 3.8) is 0 Å². The van der Waals surface area contributed by atoms with Gasteiger partial charge in [0.2, 0.25) is 5.91 Å². The second-order valence-electron chi connectivity index (χ2n) is 5.32. The van der Waals surface area contributed by atoms with E-state index < -0.39 is 0 Å². The lowest BCUT2D eigenvalue weighted by Crippen LogP contribution is -2.43. The molecule has 22 heavy (non-hydrogen) atoms. The van der Waals surface area contributed by atoms with Crippen LogP contribution in [0.15, 0.2) is 30.6 Å². The lowest BCUT2D eigenvalue weighted by molar-refractivity contribution is -0.117. The Hall–Kier alpha value is -2.25. The molecule has 1 fully saturated rings. The van der Waals surface area contributed by atoms with Crippen molar-refractivity contribution in [1.82, 2.24) is 20.1 Å². The van der Waals surface area contributed by atoms with Crippen LogP contribution in [0.1, 0.15) is 6.42 Å². The molecule has 1 aromatic carbocycles. The fraction of sp³-hybridized carbons (Fsp3) is 0.400. The van der Waals surface area contributed by atoms with Gasteiger partial charge in [-0.15, -0.1) is 10.2 Å². The van der Waals surface area contributed by atoms with Crippen LogP contribution in [0.3, 0.4) is 0 Å². The number of benzene rings is 1. The molecule has 0 spiro atoms. The highest BCUT2D eigenvalue weighted by Gasteiger charge is 2.17. The molecule has 1 aliphatic rings. The highest BCUT2D eigenvalue weighted by Crippen LogP contribution is 2.20. The molecule has 1 atom stereocenters. The van der Waals surface area contributed by atoms with Gasteiger partial charge in [0.25, 0.3) is 0 Å². The second-order valence-corrected chi connectivity index (χ2v) is 5.32. The maximum atomic E-state index is 12.1. The number of hydrogen-bond donors (Lipinski definition) is 2. The molecular formula is C15H19N5O2. The first kappa shape index (κ1) is 14.7. The number of aryl methyl sites for hydroxylation is 1. The molecule has 1 saturated heterocycles. The molecule has 0 aliphatic carbocycles. The van der Waals surface area contributed by atoms with Gasteiger partial charge in [0.05, 0.1) is 13.2 Å². The molecule has 7 heteroatoms. The van der Waals surface area contributed by atoms with Gasteiger partial charge in [-0.1, -0.05) is 12.1 Å². The van der Waals surface area contributed by atoms with Gasteiger partial charge in [0, 0.05) is 37.3 Å². The maximum absolute atomic E-state index is 12.1. The summed E-state index contributed by atoms with van der Waals surface area (Å²) in [6.07, 6.45) is 2.05. The van der Waals surface area contributed by atoms with Crippen LogP contribution >= 0.6 is 0 Å². The third kappa shape index (κ3) is 3.49. The van der Waals surface area contributed by atoms with E-state index in [-0.39, 0.29) is 11.9 Å². The fourth-order valence-corrected chi connectivity index (χ4v) is 2.47. The molecule has 1 aromatic heterocycles. The Bertz CT molecular complexity index is 649. The molecular weight excluding hydrogens is 282 g/mol. The number of nitrogens with one attached hydrogen (secondary N) is 2. The van der Waals surface area contributed by atoms with Gasteiger partial charge >= 0.3 is 0 Å². The number of carbonyl (C=O) groups excluding carboxylic acids is 1. The summed E-state index contributed by atoms with van der Waals surface area (Å²) in [6.45, 7) is 2.07. The minimum absolute atomic E-state index is 0.0295. The van der Waals surface area contributed by atoms with Gasteiger partial charge in [-0.25, -0.2) is 0 Å². The van der Waals surface area contributed by atoms with Crippen molar-refractivity contribution in [2.75, 3.05) is 25.1 Å². The monoisotopic (exact) mass is 301 g/mol. The molecule has 2 N–H and O–H groups in total. The SMILES string of the molecule is Cn1cnnc1-c1cccc(NC(=O)CC2COCCN2)c1. The highest BCUT2D eigenvalue weighted by atomic mass is 16.5. The van der Waals surface area contributed by atoms with Gasteiger partial charge < -0.3 is 19.9 Å². The first-order valence-electron chi connectivity index (χ1n) is 7.28. The van der Waals surface area contributed by atoms with Crippen LogP contribution in [-0.2, 0) is 16.6 Å². The number of rotatable bonds is 4. The zero-order chi connectivity index (χ0) is 15.4. The van der Waals surface area contributed by atoms with E-state index in [1.54, 1.807) is 6.33 Å². The summed E-state index contributed by atoms with van der Waals surface area (Å²) >= 11 is 0. The van der Waals surface area contributed by atoms with Crippen LogP contribution in [-0.4, -0.2) is 46.5 Å². The summed E-state index contributed by atoms with van der Waals surface area (Å²) in [5.41, 5.74) is 1.67. The Labute approximate surface area is 128 Å². The van der Waals surface area contributed by atoms with Crippen molar-refractivity contribution in [1.29, 1.82) is 0 Å². The number of anilines is 1. The summed E-state index contributed by atoms with van der Waals surface area (Å²) in [4.78, 5) is 12.1. The van der Waals surface area contributed by atoms with Gasteiger partial charge in [-0.3, -0.25) is 4.79 Å². The predicted octanol–water partition coefficient (Wildman–Crippen LogP) is 0.799. The van der Waals surface area contributed by atoms with Gasteiger partial charge in [-0.2, -0.15) is 0 Å². The quantitative estimate of drug-likeness (QED) is 0.873. The highest BCUT2D eigenvalue weighted by molar-refractivity contribution is 5.91. The molecule has 7 nitrogen and oxygen atoms in total. The Morgan fingerprint density at radius 2 is 2.45 bits per heavy atom. The number of aromatic nitrogens is 3. The van der Waals surface area contributed by atoms with E-state index in [0.29, 0.717) is 19.6 Å². The Morgan fingerprint density at radius 3 is 3.18 bits per heavy atom. The third-order valence-corrected chi connectivity index (χ3v) is 3.55. The van der Waals surface area contributed by atoms with Crippen LogP contribution < -0.4 is 10.6 Å². The summed E-state index contributed by atoms with van der Waals surface area (Å²) in [7, 11) is 1.88. The molecule has 2 aromatic rings. The average Bonchev–Trinajstić information content (AvgIpc) is 2.94. The zero-order valence-corrected chi connectivity index (χ0v) is 12.5. The van der Waals surface area contributed by atoms with Crippen LogP contribution in [0.4, 0.5) is 5.69 Å². The van der Waals surface area contributed by atoms with E-state index >= 15 is 0 Å².